The van der Waals surface area contributed by atoms with E-state index in [1.165, 1.54) is 17.2 Å². The van der Waals surface area contributed by atoms with Gasteiger partial charge in [-0.2, -0.15) is 22.1 Å². The summed E-state index contributed by atoms with van der Waals surface area (Å²) < 4.78 is 1.42. The Kier molecular flexibility index (Phi) is 8.28. The Hall–Kier alpha value is -3.35. The number of hydrogen-bond donors (Lipinski definition) is 2. The number of hydrogen-bond acceptors (Lipinski definition) is 6. The number of pyridine rings is 1. The topological polar surface area (TPSA) is 113 Å². The lowest BCUT2D eigenvalue weighted by molar-refractivity contribution is 0.0928. The lowest BCUT2D eigenvalue weighted by Gasteiger charge is -2.24. The minimum Gasteiger partial charge on any atom is -0.349 e. The maximum Gasteiger partial charge on any atom is 0.274 e. The first kappa shape index (κ1) is 25.7. The lowest BCUT2D eigenvalue weighted by atomic mass is 9.95. The van der Waals surface area contributed by atoms with Gasteiger partial charge in [0.25, 0.3) is 11.8 Å². The molecule has 2 amide bonds. The van der Waals surface area contributed by atoms with Crippen molar-refractivity contribution < 1.29 is 9.59 Å². The Labute approximate surface area is 219 Å². The fourth-order valence-electron chi connectivity index (χ4n) is 4.39. The molecule has 0 spiro atoms. The highest BCUT2D eigenvalue weighted by atomic mass is 35.5. The van der Waals surface area contributed by atoms with Crippen molar-refractivity contribution in [3.8, 4) is 11.9 Å². The van der Waals surface area contributed by atoms with Crippen LogP contribution in [0.5, 0.6) is 0 Å². The number of aromatic nitrogens is 3. The molecule has 1 aliphatic carbocycles. The second kappa shape index (κ2) is 11.6. The van der Waals surface area contributed by atoms with Crippen LogP contribution in [-0.2, 0) is 5.75 Å². The van der Waals surface area contributed by atoms with Crippen LogP contribution in [0.25, 0.3) is 5.82 Å². The molecule has 4 rings (SSSR count). The molecular weight excluding hydrogens is 496 g/mol. The zero-order chi connectivity index (χ0) is 25.7. The first-order valence-corrected chi connectivity index (χ1v) is 13.5. The maximum atomic E-state index is 13.6. The zero-order valence-electron chi connectivity index (χ0n) is 20.2. The van der Waals surface area contributed by atoms with Crippen LogP contribution in [0.1, 0.15) is 69.8 Å². The predicted molar refractivity (Wildman–Crippen MR) is 142 cm³/mol. The van der Waals surface area contributed by atoms with Crippen molar-refractivity contribution in [1.29, 1.82) is 5.26 Å². The average molecular weight is 523 g/mol. The summed E-state index contributed by atoms with van der Waals surface area (Å²) in [4.78, 5) is 31.1. The van der Waals surface area contributed by atoms with E-state index in [0.717, 1.165) is 25.7 Å². The first-order valence-electron chi connectivity index (χ1n) is 11.8. The number of carbonyl (C=O) groups excluding carboxylic acids is 2. The number of carbonyl (C=O) groups is 2. The summed E-state index contributed by atoms with van der Waals surface area (Å²) in [6, 6.07) is 10.4. The van der Waals surface area contributed by atoms with Crippen molar-refractivity contribution in [2.24, 2.45) is 0 Å². The second-order valence-electron chi connectivity index (χ2n) is 8.76. The highest BCUT2D eigenvalue weighted by Gasteiger charge is 2.24. The molecule has 0 aliphatic heterocycles. The number of halogens is 1. The SMILES string of the molecule is CSCc1cc(C(=O)Nc2c(C)cc(C#N)cc2C(=O)NC2CCCCC2)n(-c2ncccc2Cl)n1. The molecule has 0 bridgehead atoms. The fourth-order valence-corrected chi connectivity index (χ4v) is 5.03. The number of nitrogens with zero attached hydrogens (tertiary/aromatic N) is 4. The van der Waals surface area contributed by atoms with Crippen LogP contribution in [0.15, 0.2) is 36.5 Å². The normalized spacial score (nSPS) is 13.7. The predicted octanol–water partition coefficient (Wildman–Crippen LogP) is 5.28. The number of nitriles is 1. The van der Waals surface area contributed by atoms with Gasteiger partial charge in [0, 0.05) is 18.0 Å². The molecule has 186 valence electrons. The molecule has 3 aromatic rings. The van der Waals surface area contributed by atoms with Gasteiger partial charge in [-0.1, -0.05) is 30.9 Å². The number of thioether (sulfide) groups is 1. The summed E-state index contributed by atoms with van der Waals surface area (Å²) in [6.07, 6.45) is 8.69. The molecule has 10 heteroatoms. The van der Waals surface area contributed by atoms with Gasteiger partial charge in [-0.05, 0) is 61.9 Å². The number of aryl methyl sites for hydroxylation is 1. The van der Waals surface area contributed by atoms with E-state index >= 15 is 0 Å². The Morgan fingerprint density at radius 2 is 2.00 bits per heavy atom. The zero-order valence-corrected chi connectivity index (χ0v) is 21.7. The second-order valence-corrected chi connectivity index (χ2v) is 10.0. The molecule has 1 fully saturated rings. The highest BCUT2D eigenvalue weighted by molar-refractivity contribution is 7.97. The van der Waals surface area contributed by atoms with Crippen LogP contribution in [0.4, 0.5) is 5.69 Å². The van der Waals surface area contributed by atoms with Crippen molar-refractivity contribution in [3.05, 3.63) is 69.6 Å². The van der Waals surface area contributed by atoms with Crippen LogP contribution >= 0.6 is 23.4 Å². The fraction of sp³-hybridized carbons (Fsp3) is 0.346. The molecule has 1 aromatic carbocycles. The van der Waals surface area contributed by atoms with E-state index in [1.807, 2.05) is 6.26 Å². The number of rotatable bonds is 7. The summed E-state index contributed by atoms with van der Waals surface area (Å²) in [5.74, 6) is 0.171. The molecule has 8 nitrogen and oxygen atoms in total. The van der Waals surface area contributed by atoms with Gasteiger partial charge in [-0.3, -0.25) is 9.59 Å². The van der Waals surface area contributed by atoms with Gasteiger partial charge < -0.3 is 10.6 Å². The van der Waals surface area contributed by atoms with Gasteiger partial charge in [0.15, 0.2) is 5.82 Å². The number of amides is 2. The molecular formula is C26H27ClN6O2S. The van der Waals surface area contributed by atoms with Gasteiger partial charge in [0.1, 0.15) is 5.69 Å². The van der Waals surface area contributed by atoms with E-state index in [1.54, 1.807) is 49.1 Å². The van der Waals surface area contributed by atoms with Gasteiger partial charge in [-0.15, -0.1) is 0 Å². The summed E-state index contributed by atoms with van der Waals surface area (Å²) >= 11 is 7.93. The van der Waals surface area contributed by atoms with E-state index in [2.05, 4.69) is 26.8 Å². The van der Waals surface area contributed by atoms with Gasteiger partial charge >= 0.3 is 0 Å². The monoisotopic (exact) mass is 522 g/mol. The molecule has 0 radical (unpaired) electrons. The Bertz CT molecular complexity index is 1330. The van der Waals surface area contributed by atoms with E-state index in [0.29, 0.717) is 39.1 Å². The van der Waals surface area contributed by atoms with Crippen LogP contribution in [0, 0.1) is 18.3 Å². The smallest absolute Gasteiger partial charge is 0.274 e. The van der Waals surface area contributed by atoms with E-state index < -0.39 is 5.91 Å². The summed E-state index contributed by atoms with van der Waals surface area (Å²) in [5, 5.41) is 20.4. The molecule has 0 unspecified atom stereocenters. The number of benzene rings is 1. The molecule has 2 heterocycles. The van der Waals surface area contributed by atoms with Crippen LogP contribution in [0.2, 0.25) is 5.02 Å². The molecule has 1 aliphatic rings. The Morgan fingerprint density at radius 1 is 1.22 bits per heavy atom. The van der Waals surface area contributed by atoms with Crippen molar-refractivity contribution in [2.75, 3.05) is 11.6 Å². The molecule has 0 atom stereocenters. The van der Waals surface area contributed by atoms with Crippen LogP contribution < -0.4 is 10.6 Å². The standard InChI is InChI=1S/C26H27ClN6O2S/c1-16-11-17(14-28)12-20(25(34)30-18-7-4-3-5-8-18)23(16)31-26(35)22-13-19(15-36-2)32-33(22)24-21(27)9-6-10-29-24/h6,9-13,18H,3-5,7-8,15H2,1-2H3,(H,30,34)(H,31,35). The van der Waals surface area contributed by atoms with Gasteiger partial charge in [0.05, 0.1) is 33.6 Å². The van der Waals surface area contributed by atoms with Crippen LogP contribution in [0.3, 0.4) is 0 Å². The first-order chi connectivity index (χ1) is 17.4. The maximum absolute atomic E-state index is 13.6. The number of nitrogens with one attached hydrogen (secondary N) is 2. The third-order valence-corrected chi connectivity index (χ3v) is 6.99. The summed E-state index contributed by atoms with van der Waals surface area (Å²) in [7, 11) is 0. The minimum absolute atomic E-state index is 0.0858. The van der Waals surface area contributed by atoms with E-state index in [4.69, 9.17) is 11.6 Å². The quantitative estimate of drug-likeness (QED) is 0.436. The van der Waals surface area contributed by atoms with Crippen molar-refractivity contribution in [3.63, 3.8) is 0 Å². The van der Waals surface area contributed by atoms with Crippen molar-refractivity contribution in [1.82, 2.24) is 20.1 Å². The molecule has 2 N–H and O–H groups in total. The largest absolute Gasteiger partial charge is 0.349 e. The summed E-state index contributed by atoms with van der Waals surface area (Å²) in [6.45, 7) is 1.76. The highest BCUT2D eigenvalue weighted by Crippen LogP contribution is 2.27. The van der Waals surface area contributed by atoms with Crippen molar-refractivity contribution in [2.45, 2.75) is 50.8 Å². The van der Waals surface area contributed by atoms with Gasteiger partial charge in [0.2, 0.25) is 0 Å². The molecule has 2 aromatic heterocycles. The average Bonchev–Trinajstić information content (AvgIpc) is 3.30. The minimum atomic E-state index is -0.462. The lowest BCUT2D eigenvalue weighted by Crippen LogP contribution is -2.36. The molecule has 1 saturated carbocycles. The molecule has 36 heavy (non-hydrogen) atoms. The van der Waals surface area contributed by atoms with Crippen LogP contribution in [-0.4, -0.2) is 38.9 Å². The Morgan fingerprint density at radius 3 is 2.69 bits per heavy atom. The third kappa shape index (κ3) is 5.72. The third-order valence-electron chi connectivity index (χ3n) is 6.11. The number of anilines is 1. The Balaban J connectivity index is 1.70. The summed E-state index contributed by atoms with van der Waals surface area (Å²) in [5.41, 5.74) is 2.52. The van der Waals surface area contributed by atoms with Gasteiger partial charge in [-0.25, -0.2) is 9.67 Å². The van der Waals surface area contributed by atoms with E-state index in [-0.39, 0.29) is 23.2 Å². The van der Waals surface area contributed by atoms with E-state index in [9.17, 15) is 14.9 Å². The molecule has 0 saturated heterocycles. The van der Waals surface area contributed by atoms with Crippen molar-refractivity contribution >= 4 is 40.9 Å².